The number of hydrogen-bond acceptors (Lipinski definition) is 3. The molecule has 1 heterocycles. The predicted octanol–water partition coefficient (Wildman–Crippen LogP) is 4.16. The molecule has 0 saturated heterocycles. The smallest absolute Gasteiger partial charge is 0.181 e. The summed E-state index contributed by atoms with van der Waals surface area (Å²) in [6, 6.07) is 6.15. The Morgan fingerprint density at radius 1 is 1.37 bits per heavy atom. The van der Waals surface area contributed by atoms with Crippen LogP contribution in [-0.4, -0.2) is 11.5 Å². The number of benzene rings is 1. The maximum Gasteiger partial charge on any atom is 0.181 e. The van der Waals surface area contributed by atoms with E-state index in [1.165, 1.54) is 12.0 Å². The van der Waals surface area contributed by atoms with Crippen LogP contribution in [0.5, 0.6) is 0 Å². The van der Waals surface area contributed by atoms with Crippen LogP contribution in [0.3, 0.4) is 0 Å². The van der Waals surface area contributed by atoms with Crippen LogP contribution < -0.4 is 5.32 Å². The fraction of sp³-hybridized carbons (Fsp3) is 0.400. The summed E-state index contributed by atoms with van der Waals surface area (Å²) in [7, 11) is 0. The van der Waals surface area contributed by atoms with Crippen LogP contribution >= 0.6 is 15.9 Å². The maximum absolute atomic E-state index is 5.56. The van der Waals surface area contributed by atoms with E-state index < -0.39 is 0 Å². The molecule has 0 aliphatic carbocycles. The second-order valence-corrected chi connectivity index (χ2v) is 5.88. The van der Waals surface area contributed by atoms with Gasteiger partial charge in [-0.15, -0.1) is 0 Å². The first kappa shape index (κ1) is 14.3. The Hall–Kier alpha value is -1.13. The summed E-state index contributed by atoms with van der Waals surface area (Å²) in [6.07, 6.45) is 1.51. The number of hydrogen-bond donors (Lipinski definition) is 1. The molecule has 19 heavy (non-hydrogen) atoms. The van der Waals surface area contributed by atoms with Gasteiger partial charge in [0.1, 0.15) is 5.69 Å². The topological polar surface area (TPSA) is 38.1 Å². The third kappa shape index (κ3) is 3.45. The monoisotopic (exact) mass is 322 g/mol. The van der Waals surface area contributed by atoms with Gasteiger partial charge in [0.05, 0.1) is 0 Å². The molecule has 0 saturated carbocycles. The molecule has 0 unspecified atom stereocenters. The van der Waals surface area contributed by atoms with Crippen LogP contribution in [-0.2, 0) is 6.54 Å². The minimum atomic E-state index is 0.626. The molecular formula is C15H19BrN2O. The number of nitrogens with zero attached hydrogens (tertiary/aromatic N) is 1. The largest absolute Gasteiger partial charge is 0.443 e. The summed E-state index contributed by atoms with van der Waals surface area (Å²) in [4.78, 5) is 4.31. The van der Waals surface area contributed by atoms with Gasteiger partial charge >= 0.3 is 0 Å². The molecule has 0 fully saturated rings. The minimum absolute atomic E-state index is 0.626. The lowest BCUT2D eigenvalue weighted by molar-refractivity contribution is 0.545. The molecule has 3 nitrogen and oxygen atoms in total. The van der Waals surface area contributed by atoms with Crippen LogP contribution in [0.1, 0.15) is 25.1 Å². The third-order valence-corrected chi connectivity index (χ3v) is 3.98. The lowest BCUT2D eigenvalue weighted by atomic mass is 10.1. The highest BCUT2D eigenvalue weighted by molar-refractivity contribution is 9.10. The van der Waals surface area contributed by atoms with Crippen molar-refractivity contribution >= 4 is 15.9 Å². The van der Waals surface area contributed by atoms with Crippen molar-refractivity contribution in [1.29, 1.82) is 0 Å². The molecule has 0 radical (unpaired) electrons. The van der Waals surface area contributed by atoms with Gasteiger partial charge in [0.25, 0.3) is 0 Å². The van der Waals surface area contributed by atoms with E-state index >= 15 is 0 Å². The van der Waals surface area contributed by atoms with Crippen LogP contribution in [0.15, 0.2) is 33.5 Å². The first-order valence-electron chi connectivity index (χ1n) is 6.48. The maximum atomic E-state index is 5.56. The Morgan fingerprint density at radius 3 is 2.89 bits per heavy atom. The standard InChI is InChI=1S/C15H19BrN2O/c1-10(2)7-17-8-13-15(19-9-18-13)12-6-4-5-11(3)14(12)16/h4-6,9-10,17H,7-8H2,1-3H3. The summed E-state index contributed by atoms with van der Waals surface area (Å²) >= 11 is 3.62. The quantitative estimate of drug-likeness (QED) is 0.898. The predicted molar refractivity (Wildman–Crippen MR) is 80.9 cm³/mol. The fourth-order valence-electron chi connectivity index (χ4n) is 1.92. The van der Waals surface area contributed by atoms with E-state index in [9.17, 15) is 0 Å². The van der Waals surface area contributed by atoms with Gasteiger partial charge in [-0.2, -0.15) is 0 Å². The average Bonchev–Trinajstić information content (AvgIpc) is 2.80. The second kappa shape index (κ2) is 6.35. The van der Waals surface area contributed by atoms with E-state index in [0.29, 0.717) is 5.92 Å². The van der Waals surface area contributed by atoms with Gasteiger partial charge < -0.3 is 9.73 Å². The number of oxazole rings is 1. The lowest BCUT2D eigenvalue weighted by Crippen LogP contribution is -2.19. The molecule has 0 amide bonds. The summed E-state index contributed by atoms with van der Waals surface area (Å²) in [5.74, 6) is 1.47. The first-order chi connectivity index (χ1) is 9.09. The van der Waals surface area contributed by atoms with E-state index in [2.05, 4.69) is 53.1 Å². The zero-order chi connectivity index (χ0) is 13.8. The van der Waals surface area contributed by atoms with Gasteiger partial charge in [-0.05, 0) is 40.9 Å². The number of nitrogens with one attached hydrogen (secondary N) is 1. The highest BCUT2D eigenvalue weighted by Crippen LogP contribution is 2.32. The van der Waals surface area contributed by atoms with Crippen molar-refractivity contribution in [2.24, 2.45) is 5.92 Å². The van der Waals surface area contributed by atoms with Crippen LogP contribution in [0, 0.1) is 12.8 Å². The summed E-state index contributed by atoms with van der Waals surface area (Å²) in [6.45, 7) is 8.15. The summed E-state index contributed by atoms with van der Waals surface area (Å²) < 4.78 is 6.63. The molecule has 0 spiro atoms. The van der Waals surface area contributed by atoms with Crippen molar-refractivity contribution in [2.45, 2.75) is 27.3 Å². The van der Waals surface area contributed by atoms with Gasteiger partial charge in [-0.1, -0.05) is 32.0 Å². The van der Waals surface area contributed by atoms with Crippen molar-refractivity contribution in [3.05, 3.63) is 40.3 Å². The van der Waals surface area contributed by atoms with E-state index in [0.717, 1.165) is 34.6 Å². The van der Waals surface area contributed by atoms with Gasteiger partial charge in [-0.25, -0.2) is 4.98 Å². The molecule has 102 valence electrons. The normalized spacial score (nSPS) is 11.2. The number of aryl methyl sites for hydroxylation is 1. The van der Waals surface area contributed by atoms with E-state index in [1.807, 2.05) is 12.1 Å². The summed E-state index contributed by atoms with van der Waals surface area (Å²) in [5.41, 5.74) is 3.20. The van der Waals surface area contributed by atoms with E-state index in [-0.39, 0.29) is 0 Å². The lowest BCUT2D eigenvalue weighted by Gasteiger charge is -2.08. The SMILES string of the molecule is Cc1cccc(-c2ocnc2CNCC(C)C)c1Br. The van der Waals surface area contributed by atoms with Crippen LogP contribution in [0.2, 0.25) is 0 Å². The highest BCUT2D eigenvalue weighted by Gasteiger charge is 2.14. The van der Waals surface area contributed by atoms with Gasteiger partial charge in [-0.3, -0.25) is 0 Å². The molecule has 0 aliphatic rings. The minimum Gasteiger partial charge on any atom is -0.443 e. The average molecular weight is 323 g/mol. The van der Waals surface area contributed by atoms with Crippen molar-refractivity contribution in [2.75, 3.05) is 6.54 Å². The van der Waals surface area contributed by atoms with Crippen LogP contribution in [0.25, 0.3) is 11.3 Å². The molecule has 0 atom stereocenters. The molecule has 0 aliphatic heterocycles. The van der Waals surface area contributed by atoms with Gasteiger partial charge in [0.2, 0.25) is 0 Å². The molecular weight excluding hydrogens is 304 g/mol. The Balaban J connectivity index is 2.21. The molecule has 1 N–H and O–H groups in total. The van der Waals surface area contributed by atoms with Crippen molar-refractivity contribution in [3.63, 3.8) is 0 Å². The number of halogens is 1. The highest BCUT2D eigenvalue weighted by atomic mass is 79.9. The zero-order valence-electron chi connectivity index (χ0n) is 11.5. The molecule has 1 aromatic carbocycles. The number of aromatic nitrogens is 1. The Labute approximate surface area is 122 Å². The molecule has 1 aromatic heterocycles. The van der Waals surface area contributed by atoms with Crippen LogP contribution in [0.4, 0.5) is 0 Å². The third-order valence-electron chi connectivity index (χ3n) is 2.92. The van der Waals surface area contributed by atoms with Gasteiger partial charge in [0, 0.05) is 16.6 Å². The van der Waals surface area contributed by atoms with Crippen molar-refractivity contribution in [1.82, 2.24) is 10.3 Å². The van der Waals surface area contributed by atoms with E-state index in [4.69, 9.17) is 4.42 Å². The molecule has 2 rings (SSSR count). The Morgan fingerprint density at radius 2 is 2.16 bits per heavy atom. The first-order valence-corrected chi connectivity index (χ1v) is 7.27. The Kier molecular flexibility index (Phi) is 4.77. The second-order valence-electron chi connectivity index (χ2n) is 5.09. The molecule has 2 aromatic rings. The zero-order valence-corrected chi connectivity index (χ0v) is 13.1. The summed E-state index contributed by atoms with van der Waals surface area (Å²) in [5, 5.41) is 3.39. The van der Waals surface area contributed by atoms with E-state index in [1.54, 1.807) is 0 Å². The number of rotatable bonds is 5. The molecule has 0 bridgehead atoms. The van der Waals surface area contributed by atoms with Crippen molar-refractivity contribution < 1.29 is 4.42 Å². The molecule has 4 heteroatoms. The van der Waals surface area contributed by atoms with Gasteiger partial charge in [0.15, 0.2) is 12.2 Å². The van der Waals surface area contributed by atoms with Crippen molar-refractivity contribution in [3.8, 4) is 11.3 Å². The Bertz CT molecular complexity index is 549. The fourth-order valence-corrected chi connectivity index (χ4v) is 2.36.